The molecule has 0 atom stereocenters. The van der Waals surface area contributed by atoms with Gasteiger partial charge in [-0.2, -0.15) is 0 Å². The van der Waals surface area contributed by atoms with Gasteiger partial charge in [0.15, 0.2) is 0 Å². The van der Waals surface area contributed by atoms with E-state index in [1.807, 2.05) is 54.6 Å². The van der Waals surface area contributed by atoms with Crippen molar-refractivity contribution in [1.82, 2.24) is 0 Å². The van der Waals surface area contributed by atoms with E-state index in [4.69, 9.17) is 11.5 Å². The molecule has 0 unspecified atom stereocenters. The first-order chi connectivity index (χ1) is 31.8. The lowest BCUT2D eigenvalue weighted by Crippen LogP contribution is -2.40. The minimum atomic E-state index is -0.445. The van der Waals surface area contributed by atoms with Crippen molar-refractivity contribution in [2.45, 2.75) is 44.6 Å². The Balaban J connectivity index is 0.000000281. The van der Waals surface area contributed by atoms with E-state index in [1.165, 1.54) is 77.9 Å². The summed E-state index contributed by atoms with van der Waals surface area (Å²) in [7, 11) is 0. The molecule has 0 saturated heterocycles. The van der Waals surface area contributed by atoms with Gasteiger partial charge in [-0.3, -0.25) is 0 Å². The van der Waals surface area contributed by atoms with Gasteiger partial charge in [0.25, 0.3) is 0 Å². The first-order valence-corrected chi connectivity index (χ1v) is 22.7. The second-order valence-electron chi connectivity index (χ2n) is 17.5. The van der Waals surface area contributed by atoms with Crippen molar-refractivity contribution in [2.24, 2.45) is 11.5 Å². The Labute approximate surface area is 385 Å². The Morgan fingerprint density at radius 3 is 1.72 bits per heavy atom. The maximum absolute atomic E-state index is 6.55. The van der Waals surface area contributed by atoms with Crippen LogP contribution in [-0.4, -0.2) is 0 Å². The van der Waals surface area contributed by atoms with Crippen LogP contribution in [0.25, 0.3) is 44.7 Å². The molecular weight excluding hydrogens is 785 g/mol. The maximum atomic E-state index is 6.55. The molecule has 10 rings (SSSR count). The summed E-state index contributed by atoms with van der Waals surface area (Å²) < 4.78 is 0. The Kier molecular flexibility index (Phi) is 12.0. The van der Waals surface area contributed by atoms with Crippen LogP contribution in [-0.2, 0) is 23.8 Å². The molecule has 0 aromatic heterocycles. The van der Waals surface area contributed by atoms with Gasteiger partial charge in [0.05, 0.1) is 5.41 Å². The van der Waals surface area contributed by atoms with Gasteiger partial charge in [0, 0.05) is 17.7 Å². The fourth-order valence-corrected chi connectivity index (χ4v) is 10.3. The lowest BCUT2D eigenvalue weighted by Gasteiger charge is -2.46. The molecule has 2 nitrogen and oxygen atoms in total. The molecule has 0 bridgehead atoms. The smallest absolute Gasteiger partial charge is 0.0719 e. The van der Waals surface area contributed by atoms with E-state index in [0.29, 0.717) is 6.54 Å². The van der Waals surface area contributed by atoms with E-state index >= 15 is 0 Å². The van der Waals surface area contributed by atoms with E-state index in [9.17, 15) is 0 Å². The SMILES string of the molecule is C=C/C=C(\C=C/C)c1cc(-c2ccccc2)cc(-c2ccc3c(c2)-c2c(CN)cccc2C32c3ccccc3C(C)(C)c3ccccc32)c1.N/C(=C\Cc1ccccc1)c1ccccc1. The molecule has 4 N–H and O–H groups in total. The molecule has 0 saturated carbocycles. The molecule has 2 aliphatic rings. The average Bonchev–Trinajstić information content (AvgIpc) is 3.66. The van der Waals surface area contributed by atoms with Crippen LogP contribution in [0, 0.1) is 0 Å². The van der Waals surface area contributed by atoms with Crippen LogP contribution in [0.15, 0.2) is 231 Å². The summed E-state index contributed by atoms with van der Waals surface area (Å²) in [6, 6.07) is 70.1. The number of hydrogen-bond acceptors (Lipinski definition) is 2. The zero-order chi connectivity index (χ0) is 45.0. The van der Waals surface area contributed by atoms with Crippen LogP contribution in [0.2, 0.25) is 0 Å². The van der Waals surface area contributed by atoms with Gasteiger partial charge in [-0.05, 0) is 132 Å². The second-order valence-corrected chi connectivity index (χ2v) is 17.5. The molecule has 8 aromatic carbocycles. The molecule has 0 amide bonds. The highest BCUT2D eigenvalue weighted by Crippen LogP contribution is 2.63. The largest absolute Gasteiger partial charge is 0.398 e. The number of rotatable bonds is 9. The van der Waals surface area contributed by atoms with Gasteiger partial charge in [-0.1, -0.05) is 221 Å². The Morgan fingerprint density at radius 2 is 1.11 bits per heavy atom. The fourth-order valence-electron chi connectivity index (χ4n) is 10.3. The summed E-state index contributed by atoms with van der Waals surface area (Å²) >= 11 is 0. The first kappa shape index (κ1) is 42.8. The van der Waals surface area contributed by atoms with Gasteiger partial charge in [0.2, 0.25) is 0 Å². The van der Waals surface area contributed by atoms with Crippen molar-refractivity contribution in [3.63, 3.8) is 0 Å². The summed E-state index contributed by atoms with van der Waals surface area (Å²) in [5.41, 5.74) is 34.0. The Morgan fingerprint density at radius 1 is 0.538 bits per heavy atom. The quantitative estimate of drug-likeness (QED) is 0.142. The van der Waals surface area contributed by atoms with Gasteiger partial charge >= 0.3 is 0 Å². The number of fused-ring (bicyclic) bond motifs is 9. The number of benzene rings is 8. The highest BCUT2D eigenvalue weighted by Gasteiger charge is 2.53. The topological polar surface area (TPSA) is 52.0 Å². The highest BCUT2D eigenvalue weighted by atomic mass is 14.6. The van der Waals surface area contributed by atoms with Crippen molar-refractivity contribution in [3.05, 3.63) is 287 Å². The maximum Gasteiger partial charge on any atom is 0.0719 e. The zero-order valence-electron chi connectivity index (χ0n) is 37.6. The number of nitrogens with two attached hydrogens (primary N) is 2. The summed E-state index contributed by atoms with van der Waals surface area (Å²) in [5.74, 6) is 0. The molecule has 0 radical (unpaired) electrons. The third-order valence-corrected chi connectivity index (χ3v) is 13.3. The third-order valence-electron chi connectivity index (χ3n) is 13.3. The first-order valence-electron chi connectivity index (χ1n) is 22.7. The standard InChI is InChI=1S/C48H41N.C15H15N/c1-5-15-32(16-6-2)36-27-37(33-17-8-7-9-18-33)29-38(28-36)34-25-26-40-39(30-34)46-35(31-49)19-14-24-45(46)48(40)43-22-12-10-20-41(43)47(3,4)42-21-11-13-23-44(42)48;16-15(14-9-5-2-6-10-14)12-11-13-7-3-1-4-8-13/h5-30H,1,31,49H2,2-4H3;1-10,12H,11,16H2/b16-6-,32-15+;15-12-. The predicted molar refractivity (Wildman–Crippen MR) is 276 cm³/mol. The lowest BCUT2D eigenvalue weighted by molar-refractivity contribution is 0.563. The van der Waals surface area contributed by atoms with Crippen LogP contribution in [0.1, 0.15) is 76.4 Å². The Hall–Kier alpha value is -7.52. The van der Waals surface area contributed by atoms with Gasteiger partial charge < -0.3 is 11.5 Å². The summed E-state index contributed by atoms with van der Waals surface area (Å²) in [6.07, 6.45) is 11.1. The van der Waals surface area contributed by atoms with Gasteiger partial charge in [0.1, 0.15) is 0 Å². The molecule has 1 spiro atoms. The molecule has 2 heteroatoms. The molecule has 0 fully saturated rings. The lowest BCUT2D eigenvalue weighted by atomic mass is 9.55. The zero-order valence-corrected chi connectivity index (χ0v) is 37.6. The van der Waals surface area contributed by atoms with Crippen LogP contribution in [0.4, 0.5) is 0 Å². The fraction of sp³-hybridized carbons (Fsp3) is 0.111. The molecule has 8 aromatic rings. The third kappa shape index (κ3) is 7.81. The van der Waals surface area contributed by atoms with Gasteiger partial charge in [-0.15, -0.1) is 0 Å². The van der Waals surface area contributed by atoms with Crippen molar-refractivity contribution >= 4 is 11.3 Å². The van der Waals surface area contributed by atoms with Crippen LogP contribution in [0.5, 0.6) is 0 Å². The van der Waals surface area contributed by atoms with Crippen molar-refractivity contribution in [2.75, 3.05) is 0 Å². The van der Waals surface area contributed by atoms with E-state index < -0.39 is 5.41 Å². The number of hydrogen-bond donors (Lipinski definition) is 2. The molecule has 318 valence electrons. The van der Waals surface area contributed by atoms with E-state index in [0.717, 1.165) is 28.8 Å². The van der Waals surface area contributed by atoms with Crippen LogP contribution in [0.3, 0.4) is 0 Å². The van der Waals surface area contributed by atoms with Crippen LogP contribution >= 0.6 is 0 Å². The minimum absolute atomic E-state index is 0.134. The minimum Gasteiger partial charge on any atom is -0.398 e. The molecule has 0 aliphatic heterocycles. The van der Waals surface area contributed by atoms with E-state index in [2.05, 4.69) is 197 Å². The average molecular weight is 841 g/mol. The molecule has 65 heavy (non-hydrogen) atoms. The van der Waals surface area contributed by atoms with E-state index in [-0.39, 0.29) is 5.41 Å². The molecule has 2 aliphatic carbocycles. The van der Waals surface area contributed by atoms with Crippen molar-refractivity contribution < 1.29 is 0 Å². The Bertz CT molecular complexity index is 3040. The van der Waals surface area contributed by atoms with E-state index in [1.54, 1.807) is 0 Å². The normalized spacial score (nSPS) is 14.2. The molecule has 0 heterocycles. The second kappa shape index (κ2) is 18.3. The highest BCUT2D eigenvalue weighted by molar-refractivity contribution is 5.93. The van der Waals surface area contributed by atoms with Gasteiger partial charge in [-0.25, -0.2) is 0 Å². The monoisotopic (exact) mass is 840 g/mol. The van der Waals surface area contributed by atoms with Crippen molar-refractivity contribution in [3.8, 4) is 33.4 Å². The summed E-state index contributed by atoms with van der Waals surface area (Å²) in [5, 5.41) is 0. The summed E-state index contributed by atoms with van der Waals surface area (Å²) in [6.45, 7) is 11.3. The number of allylic oxidation sites excluding steroid dienone is 6. The predicted octanol–water partition coefficient (Wildman–Crippen LogP) is 14.9. The van der Waals surface area contributed by atoms with Crippen molar-refractivity contribution in [1.29, 1.82) is 0 Å². The van der Waals surface area contributed by atoms with Crippen LogP contribution < -0.4 is 11.5 Å². The molecular formula is C63H56N2. The summed E-state index contributed by atoms with van der Waals surface area (Å²) in [4.78, 5) is 0.